The van der Waals surface area contributed by atoms with Gasteiger partial charge in [-0.3, -0.25) is 4.79 Å². The van der Waals surface area contributed by atoms with Crippen LogP contribution in [-0.2, 0) is 4.79 Å². The highest BCUT2D eigenvalue weighted by molar-refractivity contribution is 7.19. The molecule has 25 heavy (non-hydrogen) atoms. The van der Waals surface area contributed by atoms with E-state index in [0.29, 0.717) is 19.0 Å². The van der Waals surface area contributed by atoms with Gasteiger partial charge in [-0.15, -0.1) is 11.3 Å². The molecule has 0 amide bonds. The number of nitrogens with one attached hydrogen (secondary N) is 1. The Kier molecular flexibility index (Phi) is 5.14. The minimum atomic E-state index is -0.842. The Morgan fingerprint density at radius 3 is 2.72 bits per heavy atom. The summed E-state index contributed by atoms with van der Waals surface area (Å²) >= 11 is 1.60. The SMILES string of the molecule is CCOc1ccc(-c2c(C)sc3ncnc(NCCC(=O)O)c23)cc1. The Labute approximate surface area is 149 Å². The lowest BCUT2D eigenvalue weighted by atomic mass is 10.0. The summed E-state index contributed by atoms with van der Waals surface area (Å²) < 4.78 is 5.51. The molecule has 2 aromatic heterocycles. The quantitative estimate of drug-likeness (QED) is 0.666. The number of hydrogen-bond donors (Lipinski definition) is 2. The van der Waals surface area contributed by atoms with Crippen molar-refractivity contribution in [3.63, 3.8) is 0 Å². The number of carboxylic acid groups (broad SMARTS) is 1. The van der Waals surface area contributed by atoms with Crippen LogP contribution in [0.15, 0.2) is 30.6 Å². The Hall–Kier alpha value is -2.67. The van der Waals surface area contributed by atoms with Crippen molar-refractivity contribution in [2.75, 3.05) is 18.5 Å². The van der Waals surface area contributed by atoms with Crippen molar-refractivity contribution in [1.82, 2.24) is 9.97 Å². The van der Waals surface area contributed by atoms with Gasteiger partial charge in [0.2, 0.25) is 0 Å². The van der Waals surface area contributed by atoms with E-state index in [4.69, 9.17) is 9.84 Å². The van der Waals surface area contributed by atoms with Gasteiger partial charge in [-0.25, -0.2) is 9.97 Å². The number of hydrogen-bond acceptors (Lipinski definition) is 6. The van der Waals surface area contributed by atoms with Crippen molar-refractivity contribution >= 4 is 33.3 Å². The number of carboxylic acids is 1. The van der Waals surface area contributed by atoms with Crippen LogP contribution >= 0.6 is 11.3 Å². The van der Waals surface area contributed by atoms with E-state index in [0.717, 1.165) is 32.0 Å². The zero-order valence-corrected chi connectivity index (χ0v) is 14.9. The second-order valence-corrected chi connectivity index (χ2v) is 6.67. The fraction of sp³-hybridized carbons (Fsp3) is 0.278. The van der Waals surface area contributed by atoms with Crippen LogP contribution in [0.4, 0.5) is 5.82 Å². The van der Waals surface area contributed by atoms with Crippen LogP contribution in [0.1, 0.15) is 18.2 Å². The van der Waals surface area contributed by atoms with Crippen LogP contribution in [0.5, 0.6) is 5.75 Å². The van der Waals surface area contributed by atoms with Gasteiger partial charge in [0.1, 0.15) is 22.7 Å². The van der Waals surface area contributed by atoms with Gasteiger partial charge < -0.3 is 15.2 Å². The van der Waals surface area contributed by atoms with E-state index in [1.807, 2.05) is 31.2 Å². The molecule has 2 heterocycles. The average Bonchev–Trinajstić information content (AvgIpc) is 2.92. The van der Waals surface area contributed by atoms with Crippen molar-refractivity contribution in [3.05, 3.63) is 35.5 Å². The number of anilines is 1. The average molecular weight is 357 g/mol. The second-order valence-electron chi connectivity index (χ2n) is 5.46. The Morgan fingerprint density at radius 2 is 2.04 bits per heavy atom. The number of aromatic nitrogens is 2. The second kappa shape index (κ2) is 7.48. The first kappa shape index (κ1) is 17.2. The number of fused-ring (bicyclic) bond motifs is 1. The molecule has 0 saturated carbocycles. The molecule has 1 aromatic carbocycles. The van der Waals surface area contributed by atoms with Crippen LogP contribution in [0.25, 0.3) is 21.3 Å². The first-order valence-electron chi connectivity index (χ1n) is 8.03. The normalized spacial score (nSPS) is 10.8. The summed E-state index contributed by atoms with van der Waals surface area (Å²) in [5, 5.41) is 12.9. The molecule has 0 saturated heterocycles. The summed E-state index contributed by atoms with van der Waals surface area (Å²) in [6, 6.07) is 7.94. The first-order chi connectivity index (χ1) is 12.1. The maximum atomic E-state index is 10.7. The molecule has 0 aliphatic carbocycles. The molecule has 0 atom stereocenters. The lowest BCUT2D eigenvalue weighted by Gasteiger charge is -2.09. The molecule has 0 bridgehead atoms. The Balaban J connectivity index is 2.01. The molecule has 0 aliphatic heterocycles. The van der Waals surface area contributed by atoms with Gasteiger partial charge >= 0.3 is 5.97 Å². The third kappa shape index (κ3) is 3.71. The summed E-state index contributed by atoms with van der Waals surface area (Å²) in [7, 11) is 0. The molecular formula is C18H19N3O3S. The van der Waals surface area contributed by atoms with Gasteiger partial charge in [0.15, 0.2) is 0 Å². The number of ether oxygens (including phenoxy) is 1. The summed E-state index contributed by atoms with van der Waals surface area (Å²) in [5.41, 5.74) is 2.13. The van der Waals surface area contributed by atoms with Gasteiger partial charge in [0, 0.05) is 17.0 Å². The number of nitrogens with zero attached hydrogens (tertiary/aromatic N) is 2. The zero-order valence-electron chi connectivity index (χ0n) is 14.1. The number of rotatable bonds is 7. The molecule has 0 aliphatic rings. The van der Waals surface area contributed by atoms with Gasteiger partial charge in [-0.2, -0.15) is 0 Å². The largest absolute Gasteiger partial charge is 0.494 e. The van der Waals surface area contributed by atoms with E-state index in [-0.39, 0.29) is 6.42 Å². The van der Waals surface area contributed by atoms with Crippen molar-refractivity contribution in [1.29, 1.82) is 0 Å². The fourth-order valence-corrected chi connectivity index (χ4v) is 3.71. The minimum Gasteiger partial charge on any atom is -0.494 e. The topological polar surface area (TPSA) is 84.3 Å². The molecular weight excluding hydrogens is 338 g/mol. The number of thiophene rings is 1. The third-order valence-electron chi connectivity index (χ3n) is 3.75. The molecule has 0 radical (unpaired) electrons. The predicted molar refractivity (Wildman–Crippen MR) is 99.5 cm³/mol. The molecule has 2 N–H and O–H groups in total. The van der Waals surface area contributed by atoms with Gasteiger partial charge in [-0.05, 0) is 31.5 Å². The molecule has 130 valence electrons. The van der Waals surface area contributed by atoms with Crippen LogP contribution < -0.4 is 10.1 Å². The molecule has 3 aromatic rings. The monoisotopic (exact) mass is 357 g/mol. The smallest absolute Gasteiger partial charge is 0.305 e. The van der Waals surface area contributed by atoms with Crippen molar-refractivity contribution < 1.29 is 14.6 Å². The molecule has 0 fully saturated rings. The van der Waals surface area contributed by atoms with E-state index in [2.05, 4.69) is 22.2 Å². The lowest BCUT2D eigenvalue weighted by Crippen LogP contribution is -2.09. The summed E-state index contributed by atoms with van der Waals surface area (Å²) in [6.07, 6.45) is 1.54. The van der Waals surface area contributed by atoms with Crippen molar-refractivity contribution in [3.8, 4) is 16.9 Å². The Bertz CT molecular complexity index is 890. The highest BCUT2D eigenvalue weighted by Gasteiger charge is 2.16. The minimum absolute atomic E-state index is 0.0347. The van der Waals surface area contributed by atoms with Crippen LogP contribution in [-0.4, -0.2) is 34.2 Å². The number of aliphatic carboxylic acids is 1. The highest BCUT2D eigenvalue weighted by atomic mass is 32.1. The van der Waals surface area contributed by atoms with Crippen LogP contribution in [0.3, 0.4) is 0 Å². The Morgan fingerprint density at radius 1 is 1.28 bits per heavy atom. The van der Waals surface area contributed by atoms with Gasteiger partial charge in [0.05, 0.1) is 18.4 Å². The molecule has 6 nitrogen and oxygen atoms in total. The number of benzene rings is 1. The zero-order chi connectivity index (χ0) is 17.8. The third-order valence-corrected chi connectivity index (χ3v) is 4.76. The van der Waals surface area contributed by atoms with E-state index >= 15 is 0 Å². The highest BCUT2D eigenvalue weighted by Crippen LogP contribution is 2.40. The summed E-state index contributed by atoms with van der Waals surface area (Å²) in [5.74, 6) is 0.657. The van der Waals surface area contributed by atoms with Crippen LogP contribution in [0, 0.1) is 6.92 Å². The maximum absolute atomic E-state index is 10.7. The lowest BCUT2D eigenvalue weighted by molar-refractivity contribution is -0.136. The first-order valence-corrected chi connectivity index (χ1v) is 8.84. The summed E-state index contributed by atoms with van der Waals surface area (Å²) in [6.45, 7) is 4.96. The predicted octanol–water partition coefficient (Wildman–Crippen LogP) is 3.95. The summed E-state index contributed by atoms with van der Waals surface area (Å²) in [4.78, 5) is 21.5. The maximum Gasteiger partial charge on any atom is 0.305 e. The van der Waals surface area contributed by atoms with Gasteiger partial charge in [0.25, 0.3) is 0 Å². The standard InChI is InChI=1S/C18H19N3O3S/c1-3-24-13-6-4-12(5-7-13)15-11(2)25-18-16(15)17(20-10-21-18)19-9-8-14(22)23/h4-7,10H,3,8-9H2,1-2H3,(H,22,23)(H,19,20,21). The molecule has 0 unspecified atom stereocenters. The number of aryl methyl sites for hydroxylation is 1. The van der Waals surface area contributed by atoms with Crippen LogP contribution in [0.2, 0.25) is 0 Å². The fourth-order valence-electron chi connectivity index (χ4n) is 2.70. The van der Waals surface area contributed by atoms with Gasteiger partial charge in [-0.1, -0.05) is 12.1 Å². The van der Waals surface area contributed by atoms with E-state index in [1.54, 1.807) is 11.3 Å². The van der Waals surface area contributed by atoms with Crippen molar-refractivity contribution in [2.45, 2.75) is 20.3 Å². The van der Waals surface area contributed by atoms with E-state index in [9.17, 15) is 4.79 Å². The van der Waals surface area contributed by atoms with E-state index in [1.165, 1.54) is 6.33 Å². The molecule has 3 rings (SSSR count). The number of carbonyl (C=O) groups is 1. The van der Waals surface area contributed by atoms with Crippen molar-refractivity contribution in [2.24, 2.45) is 0 Å². The molecule has 0 spiro atoms. The molecule has 7 heteroatoms. The van der Waals surface area contributed by atoms with E-state index < -0.39 is 5.97 Å².